The van der Waals surface area contributed by atoms with Crippen LogP contribution in [-0.2, 0) is 0 Å². The van der Waals surface area contributed by atoms with Crippen LogP contribution >= 0.6 is 23.4 Å². The van der Waals surface area contributed by atoms with Gasteiger partial charge >= 0.3 is 0 Å². The van der Waals surface area contributed by atoms with E-state index in [1.54, 1.807) is 0 Å². The van der Waals surface area contributed by atoms with Crippen LogP contribution in [0.5, 0.6) is 0 Å². The summed E-state index contributed by atoms with van der Waals surface area (Å²) in [5.41, 5.74) is 1.32. The molecule has 0 amide bonds. The molecule has 0 radical (unpaired) electrons. The number of hydrogen-bond donors (Lipinski definition) is 0. The van der Waals surface area contributed by atoms with Crippen LogP contribution in [0.2, 0.25) is 0 Å². The average molecular weight is 227 g/mol. The number of halogens is 1. The van der Waals surface area contributed by atoms with Crippen LogP contribution in [-0.4, -0.2) is 10.6 Å². The Hall–Kier alpha value is -0.140. The third-order valence-corrected chi connectivity index (χ3v) is 4.76. The molecule has 1 aliphatic carbocycles. The van der Waals surface area contributed by atoms with Gasteiger partial charge in [-0.25, -0.2) is 0 Å². The highest BCUT2D eigenvalue weighted by Crippen LogP contribution is 2.37. The molecule has 1 fully saturated rings. The maximum absolute atomic E-state index is 6.24. The van der Waals surface area contributed by atoms with Crippen LogP contribution in [0.3, 0.4) is 0 Å². The SMILES string of the molecule is Cc1ccc(S[C@@H]2CCC[C@H]2Cl)cc1. The van der Waals surface area contributed by atoms with E-state index in [1.807, 2.05) is 11.8 Å². The summed E-state index contributed by atoms with van der Waals surface area (Å²) in [6.07, 6.45) is 3.75. The van der Waals surface area contributed by atoms with E-state index < -0.39 is 0 Å². The topological polar surface area (TPSA) is 0 Å². The zero-order valence-electron chi connectivity index (χ0n) is 8.37. The smallest absolute Gasteiger partial charge is 0.0458 e. The average Bonchev–Trinajstić information content (AvgIpc) is 2.56. The minimum Gasteiger partial charge on any atom is -0.122 e. The van der Waals surface area contributed by atoms with Gasteiger partial charge in [-0.1, -0.05) is 24.1 Å². The van der Waals surface area contributed by atoms with Gasteiger partial charge in [0.2, 0.25) is 0 Å². The maximum atomic E-state index is 6.24. The van der Waals surface area contributed by atoms with Crippen molar-refractivity contribution in [1.82, 2.24) is 0 Å². The highest BCUT2D eigenvalue weighted by molar-refractivity contribution is 8.00. The molecule has 1 saturated carbocycles. The van der Waals surface area contributed by atoms with Crippen LogP contribution in [0.15, 0.2) is 29.2 Å². The van der Waals surface area contributed by atoms with Gasteiger partial charge in [-0.05, 0) is 31.9 Å². The van der Waals surface area contributed by atoms with Gasteiger partial charge < -0.3 is 0 Å². The molecule has 1 aliphatic rings. The lowest BCUT2D eigenvalue weighted by molar-refractivity contribution is 0.888. The predicted octanol–water partition coefficient (Wildman–Crippen LogP) is 4.25. The van der Waals surface area contributed by atoms with Crippen molar-refractivity contribution < 1.29 is 0 Å². The van der Waals surface area contributed by atoms with E-state index in [2.05, 4.69) is 31.2 Å². The molecular formula is C12H15ClS. The second-order valence-electron chi connectivity index (χ2n) is 3.92. The van der Waals surface area contributed by atoms with E-state index in [4.69, 9.17) is 11.6 Å². The quantitative estimate of drug-likeness (QED) is 0.680. The van der Waals surface area contributed by atoms with Crippen LogP contribution in [0.4, 0.5) is 0 Å². The lowest BCUT2D eigenvalue weighted by atomic mass is 10.2. The first-order valence-electron chi connectivity index (χ1n) is 5.13. The summed E-state index contributed by atoms with van der Waals surface area (Å²) < 4.78 is 0. The van der Waals surface area contributed by atoms with Gasteiger partial charge in [-0.2, -0.15) is 0 Å². The van der Waals surface area contributed by atoms with Gasteiger partial charge in [0.1, 0.15) is 0 Å². The number of rotatable bonds is 2. The van der Waals surface area contributed by atoms with Gasteiger partial charge in [-0.15, -0.1) is 23.4 Å². The van der Waals surface area contributed by atoms with Crippen LogP contribution in [0.1, 0.15) is 24.8 Å². The lowest BCUT2D eigenvalue weighted by Gasteiger charge is -2.12. The molecule has 0 unspecified atom stereocenters. The Morgan fingerprint density at radius 1 is 1.21 bits per heavy atom. The summed E-state index contributed by atoms with van der Waals surface area (Å²) in [5, 5.41) is 1.00. The molecule has 0 nitrogen and oxygen atoms in total. The normalized spacial score (nSPS) is 26.7. The Bertz CT molecular complexity index is 294. The third-order valence-electron chi connectivity index (χ3n) is 2.68. The number of thioether (sulfide) groups is 1. The van der Waals surface area contributed by atoms with Crippen LogP contribution in [0.25, 0.3) is 0 Å². The Balaban J connectivity index is 2.00. The van der Waals surface area contributed by atoms with E-state index in [-0.39, 0.29) is 0 Å². The molecule has 0 N–H and O–H groups in total. The maximum Gasteiger partial charge on any atom is 0.0458 e. The highest BCUT2D eigenvalue weighted by atomic mass is 35.5. The zero-order chi connectivity index (χ0) is 9.97. The molecule has 2 rings (SSSR count). The van der Waals surface area contributed by atoms with Crippen LogP contribution < -0.4 is 0 Å². The molecule has 2 heteroatoms. The number of hydrogen-bond acceptors (Lipinski definition) is 1. The fourth-order valence-electron chi connectivity index (χ4n) is 1.81. The minimum absolute atomic E-state index is 0.376. The van der Waals surface area contributed by atoms with Crippen molar-refractivity contribution in [3.63, 3.8) is 0 Å². The fourth-order valence-corrected chi connectivity index (χ4v) is 3.45. The molecule has 76 valence electrons. The second-order valence-corrected chi connectivity index (χ2v) is 5.79. The van der Waals surface area contributed by atoms with Gasteiger partial charge in [0, 0.05) is 15.5 Å². The van der Waals surface area contributed by atoms with Crippen molar-refractivity contribution in [2.75, 3.05) is 0 Å². The molecular weight excluding hydrogens is 212 g/mol. The van der Waals surface area contributed by atoms with Crippen molar-refractivity contribution >= 4 is 23.4 Å². The zero-order valence-corrected chi connectivity index (χ0v) is 9.94. The molecule has 0 saturated heterocycles. The predicted molar refractivity (Wildman–Crippen MR) is 64.3 cm³/mol. The molecule has 2 atom stereocenters. The Morgan fingerprint density at radius 3 is 2.50 bits per heavy atom. The fraction of sp³-hybridized carbons (Fsp3) is 0.500. The van der Waals surface area contributed by atoms with Gasteiger partial charge in [0.25, 0.3) is 0 Å². The van der Waals surface area contributed by atoms with E-state index >= 15 is 0 Å². The van der Waals surface area contributed by atoms with Gasteiger partial charge in [0.15, 0.2) is 0 Å². The largest absolute Gasteiger partial charge is 0.122 e. The Kier molecular flexibility index (Phi) is 3.40. The highest BCUT2D eigenvalue weighted by Gasteiger charge is 2.25. The number of aryl methyl sites for hydroxylation is 1. The monoisotopic (exact) mass is 226 g/mol. The van der Waals surface area contributed by atoms with Crippen molar-refractivity contribution in [1.29, 1.82) is 0 Å². The van der Waals surface area contributed by atoms with Gasteiger partial charge in [-0.3, -0.25) is 0 Å². The molecule has 0 spiro atoms. The molecule has 0 heterocycles. The minimum atomic E-state index is 0.376. The summed E-state index contributed by atoms with van der Waals surface area (Å²) in [4.78, 5) is 1.35. The summed E-state index contributed by atoms with van der Waals surface area (Å²) in [6, 6.07) is 8.73. The summed E-state index contributed by atoms with van der Waals surface area (Å²) in [6.45, 7) is 2.12. The third kappa shape index (κ3) is 2.46. The standard InChI is InChI=1S/C12H15ClS/c1-9-5-7-10(8-6-9)14-12-4-2-3-11(12)13/h5-8,11-12H,2-4H2,1H3/t11-,12-/m1/s1. The van der Waals surface area contributed by atoms with E-state index in [0.29, 0.717) is 10.6 Å². The first-order valence-corrected chi connectivity index (χ1v) is 6.45. The van der Waals surface area contributed by atoms with Crippen molar-refractivity contribution in [3.05, 3.63) is 29.8 Å². The summed E-state index contributed by atoms with van der Waals surface area (Å²) in [5.74, 6) is 0. The Morgan fingerprint density at radius 2 is 1.93 bits per heavy atom. The number of benzene rings is 1. The molecule has 14 heavy (non-hydrogen) atoms. The summed E-state index contributed by atoms with van der Waals surface area (Å²) in [7, 11) is 0. The first-order chi connectivity index (χ1) is 6.75. The van der Waals surface area contributed by atoms with E-state index in [1.165, 1.54) is 29.7 Å². The first kappa shape index (κ1) is 10.4. The molecule has 1 aromatic carbocycles. The van der Waals surface area contributed by atoms with E-state index in [0.717, 1.165) is 0 Å². The van der Waals surface area contributed by atoms with E-state index in [9.17, 15) is 0 Å². The molecule has 1 aromatic rings. The van der Waals surface area contributed by atoms with Crippen LogP contribution in [0, 0.1) is 6.92 Å². The van der Waals surface area contributed by atoms with Crippen molar-refractivity contribution in [2.45, 2.75) is 41.7 Å². The lowest BCUT2D eigenvalue weighted by Crippen LogP contribution is -2.08. The van der Waals surface area contributed by atoms with Crippen molar-refractivity contribution in [2.24, 2.45) is 0 Å². The molecule has 0 aliphatic heterocycles. The molecule has 0 bridgehead atoms. The van der Waals surface area contributed by atoms with Gasteiger partial charge in [0.05, 0.1) is 0 Å². The Labute approximate surface area is 95.0 Å². The van der Waals surface area contributed by atoms with Crippen molar-refractivity contribution in [3.8, 4) is 0 Å². The molecule has 0 aromatic heterocycles. The summed E-state index contributed by atoms with van der Waals surface area (Å²) >= 11 is 8.17. The number of alkyl halides is 1. The second kappa shape index (κ2) is 4.59.